The molecule has 0 atom stereocenters. The minimum absolute atomic E-state index is 0.127. The van der Waals surface area contributed by atoms with E-state index in [4.69, 9.17) is 21.1 Å². The van der Waals surface area contributed by atoms with E-state index in [2.05, 4.69) is 4.72 Å². The van der Waals surface area contributed by atoms with E-state index in [0.29, 0.717) is 22.2 Å². The van der Waals surface area contributed by atoms with Crippen molar-refractivity contribution in [2.24, 2.45) is 0 Å². The maximum Gasteiger partial charge on any atom is 0.261 e. The van der Waals surface area contributed by atoms with Gasteiger partial charge >= 0.3 is 0 Å². The fourth-order valence-corrected chi connectivity index (χ4v) is 2.90. The first-order valence-corrected chi connectivity index (χ1v) is 7.83. The van der Waals surface area contributed by atoms with Crippen LogP contribution in [-0.4, -0.2) is 22.6 Å². The van der Waals surface area contributed by atoms with Gasteiger partial charge in [-0.05, 0) is 36.4 Å². The van der Waals surface area contributed by atoms with Crippen LogP contribution in [0.4, 0.5) is 5.69 Å². The zero-order valence-corrected chi connectivity index (χ0v) is 13.0. The largest absolute Gasteiger partial charge is 0.493 e. The van der Waals surface area contributed by atoms with Crippen LogP contribution in [0.2, 0.25) is 5.02 Å². The van der Waals surface area contributed by atoms with Gasteiger partial charge in [0, 0.05) is 11.1 Å². The van der Waals surface area contributed by atoms with Crippen molar-refractivity contribution in [3.05, 3.63) is 47.5 Å². The lowest BCUT2D eigenvalue weighted by Crippen LogP contribution is -2.12. The van der Waals surface area contributed by atoms with Crippen LogP contribution < -0.4 is 14.2 Å². The van der Waals surface area contributed by atoms with Crippen LogP contribution in [0.1, 0.15) is 0 Å². The Morgan fingerprint density at radius 1 is 0.952 bits per heavy atom. The highest BCUT2D eigenvalue weighted by Gasteiger charge is 2.15. The van der Waals surface area contributed by atoms with E-state index in [1.165, 1.54) is 38.5 Å². The van der Waals surface area contributed by atoms with Gasteiger partial charge in [0.1, 0.15) is 0 Å². The summed E-state index contributed by atoms with van der Waals surface area (Å²) < 4.78 is 37.2. The van der Waals surface area contributed by atoms with E-state index >= 15 is 0 Å². The van der Waals surface area contributed by atoms with Crippen LogP contribution in [-0.2, 0) is 10.0 Å². The standard InChI is InChI=1S/C14H14ClNO4S/c1-19-13-8-5-11(9-14(13)20-2)16-21(17,18)12-6-3-10(15)4-7-12/h3-9,16H,1-2H3. The topological polar surface area (TPSA) is 64.6 Å². The Hall–Kier alpha value is -1.92. The minimum Gasteiger partial charge on any atom is -0.493 e. The molecular formula is C14H14ClNO4S. The lowest BCUT2D eigenvalue weighted by atomic mass is 10.3. The number of halogens is 1. The van der Waals surface area contributed by atoms with Gasteiger partial charge in [0.05, 0.1) is 24.8 Å². The predicted octanol–water partition coefficient (Wildman–Crippen LogP) is 3.16. The van der Waals surface area contributed by atoms with E-state index in [1.807, 2.05) is 0 Å². The summed E-state index contributed by atoms with van der Waals surface area (Å²) in [6, 6.07) is 10.7. The SMILES string of the molecule is COc1ccc(NS(=O)(=O)c2ccc(Cl)cc2)cc1OC. The number of methoxy groups -OCH3 is 2. The van der Waals surface area contributed by atoms with Gasteiger partial charge in [-0.15, -0.1) is 0 Å². The molecule has 0 aromatic heterocycles. The van der Waals surface area contributed by atoms with Gasteiger partial charge in [-0.25, -0.2) is 8.42 Å². The third-order valence-electron chi connectivity index (χ3n) is 2.76. The molecule has 0 saturated heterocycles. The molecule has 0 aliphatic heterocycles. The van der Waals surface area contributed by atoms with Crippen LogP contribution >= 0.6 is 11.6 Å². The zero-order chi connectivity index (χ0) is 15.5. The van der Waals surface area contributed by atoms with Crippen LogP contribution in [0, 0.1) is 0 Å². The quantitative estimate of drug-likeness (QED) is 0.916. The number of anilines is 1. The smallest absolute Gasteiger partial charge is 0.261 e. The van der Waals surface area contributed by atoms with Crippen LogP contribution in [0.25, 0.3) is 0 Å². The van der Waals surface area contributed by atoms with E-state index in [9.17, 15) is 8.42 Å². The first kappa shape index (κ1) is 15.5. The number of benzene rings is 2. The van der Waals surface area contributed by atoms with Gasteiger partial charge in [-0.3, -0.25) is 4.72 Å². The van der Waals surface area contributed by atoms with Crippen LogP contribution in [0.3, 0.4) is 0 Å². The maximum atomic E-state index is 12.2. The van der Waals surface area contributed by atoms with Crippen molar-refractivity contribution in [1.82, 2.24) is 0 Å². The number of hydrogen-bond acceptors (Lipinski definition) is 4. The molecule has 21 heavy (non-hydrogen) atoms. The average molecular weight is 328 g/mol. The lowest BCUT2D eigenvalue weighted by Gasteiger charge is -2.11. The van der Waals surface area contributed by atoms with Gasteiger partial charge in [0.2, 0.25) is 0 Å². The maximum absolute atomic E-state index is 12.2. The number of rotatable bonds is 5. The van der Waals surface area contributed by atoms with E-state index < -0.39 is 10.0 Å². The summed E-state index contributed by atoms with van der Waals surface area (Å²) in [5.74, 6) is 0.959. The molecule has 0 radical (unpaired) electrons. The summed E-state index contributed by atoms with van der Waals surface area (Å²) in [7, 11) is -0.689. The van der Waals surface area contributed by atoms with Gasteiger partial charge in [-0.2, -0.15) is 0 Å². The lowest BCUT2D eigenvalue weighted by molar-refractivity contribution is 0.355. The number of sulfonamides is 1. The van der Waals surface area contributed by atoms with Crippen molar-refractivity contribution >= 4 is 27.3 Å². The first-order chi connectivity index (χ1) is 9.96. The Kier molecular flexibility index (Phi) is 4.59. The summed E-state index contributed by atoms with van der Waals surface area (Å²) in [5.41, 5.74) is 0.377. The molecule has 0 spiro atoms. The summed E-state index contributed by atoms with van der Waals surface area (Å²) in [5, 5.41) is 0.472. The van der Waals surface area contributed by atoms with Crippen LogP contribution in [0.15, 0.2) is 47.4 Å². The molecule has 0 heterocycles. The van der Waals surface area contributed by atoms with Gasteiger partial charge in [0.25, 0.3) is 10.0 Å². The molecule has 0 aliphatic carbocycles. The molecule has 0 aliphatic rings. The van der Waals surface area contributed by atoms with Gasteiger partial charge < -0.3 is 9.47 Å². The number of hydrogen-bond donors (Lipinski definition) is 1. The second kappa shape index (κ2) is 6.24. The van der Waals surface area contributed by atoms with Crippen molar-refractivity contribution in [3.8, 4) is 11.5 Å². The molecule has 0 saturated carbocycles. The monoisotopic (exact) mass is 327 g/mol. The molecule has 2 rings (SSSR count). The van der Waals surface area contributed by atoms with E-state index in [0.717, 1.165) is 0 Å². The van der Waals surface area contributed by atoms with Crippen molar-refractivity contribution in [3.63, 3.8) is 0 Å². The molecule has 0 unspecified atom stereocenters. The van der Waals surface area contributed by atoms with Crippen LogP contribution in [0.5, 0.6) is 11.5 Å². The molecule has 0 bridgehead atoms. The van der Waals surface area contributed by atoms with Crippen molar-refractivity contribution in [2.45, 2.75) is 4.90 Å². The summed E-state index contributed by atoms with van der Waals surface area (Å²) >= 11 is 5.75. The van der Waals surface area contributed by atoms with E-state index in [-0.39, 0.29) is 4.90 Å². The fraction of sp³-hybridized carbons (Fsp3) is 0.143. The molecule has 2 aromatic carbocycles. The molecule has 0 fully saturated rings. The Morgan fingerprint density at radius 2 is 1.57 bits per heavy atom. The summed E-state index contributed by atoms with van der Waals surface area (Å²) in [4.78, 5) is 0.127. The fourth-order valence-electron chi connectivity index (χ4n) is 1.73. The van der Waals surface area contributed by atoms with Crippen molar-refractivity contribution < 1.29 is 17.9 Å². The van der Waals surface area contributed by atoms with E-state index in [1.54, 1.807) is 18.2 Å². The third-order valence-corrected chi connectivity index (χ3v) is 4.41. The molecule has 5 nitrogen and oxygen atoms in total. The molecule has 112 valence electrons. The predicted molar refractivity (Wildman–Crippen MR) is 81.8 cm³/mol. The van der Waals surface area contributed by atoms with Crippen molar-refractivity contribution in [1.29, 1.82) is 0 Å². The molecule has 1 N–H and O–H groups in total. The summed E-state index contributed by atoms with van der Waals surface area (Å²) in [6.45, 7) is 0. The molecule has 2 aromatic rings. The summed E-state index contributed by atoms with van der Waals surface area (Å²) in [6.07, 6.45) is 0. The Balaban J connectivity index is 2.30. The van der Waals surface area contributed by atoms with Gasteiger partial charge in [-0.1, -0.05) is 11.6 Å². The highest BCUT2D eigenvalue weighted by atomic mass is 35.5. The highest BCUT2D eigenvalue weighted by Crippen LogP contribution is 2.30. The third kappa shape index (κ3) is 3.59. The second-order valence-corrected chi connectivity index (χ2v) is 6.25. The Labute approximate surface area is 128 Å². The number of ether oxygens (including phenoxy) is 2. The highest BCUT2D eigenvalue weighted by molar-refractivity contribution is 7.92. The number of nitrogens with one attached hydrogen (secondary N) is 1. The second-order valence-electron chi connectivity index (χ2n) is 4.13. The zero-order valence-electron chi connectivity index (χ0n) is 11.5. The average Bonchev–Trinajstić information content (AvgIpc) is 2.47. The molecule has 7 heteroatoms. The molecular weight excluding hydrogens is 314 g/mol. The van der Waals surface area contributed by atoms with Gasteiger partial charge in [0.15, 0.2) is 11.5 Å². The molecule has 0 amide bonds. The Bertz CT molecular complexity index is 729. The normalized spacial score (nSPS) is 11.0. The van der Waals surface area contributed by atoms with Crippen molar-refractivity contribution in [2.75, 3.05) is 18.9 Å². The first-order valence-electron chi connectivity index (χ1n) is 5.96. The minimum atomic E-state index is -3.68. The Morgan fingerprint density at radius 3 is 2.14 bits per heavy atom.